The molecule has 1 aromatic carbocycles. The molecule has 102 valence electrons. The van der Waals surface area contributed by atoms with E-state index in [0.29, 0.717) is 24.2 Å². The number of nitrogens with zero attached hydrogens (tertiary/aromatic N) is 2. The Morgan fingerprint density at radius 2 is 2.05 bits per heavy atom. The Bertz CT molecular complexity index is 652. The van der Waals surface area contributed by atoms with Crippen LogP contribution in [0.2, 0.25) is 0 Å². The lowest BCUT2D eigenvalue weighted by molar-refractivity contribution is 0.0968. The van der Waals surface area contributed by atoms with Crippen molar-refractivity contribution in [3.8, 4) is 0 Å². The topological polar surface area (TPSA) is 57.7 Å². The molecule has 1 atom stereocenters. The van der Waals surface area contributed by atoms with Crippen LogP contribution in [0.15, 0.2) is 18.2 Å². The van der Waals surface area contributed by atoms with E-state index in [0.717, 1.165) is 12.0 Å². The number of hydrogen-bond acceptors (Lipinski definition) is 3. The van der Waals surface area contributed by atoms with Crippen LogP contribution in [-0.2, 0) is 10.2 Å². The molecule has 6 heteroatoms. The van der Waals surface area contributed by atoms with Gasteiger partial charge in [-0.25, -0.2) is 0 Å². The van der Waals surface area contributed by atoms with Gasteiger partial charge in [-0.15, -0.1) is 0 Å². The van der Waals surface area contributed by atoms with Crippen molar-refractivity contribution in [1.82, 2.24) is 4.31 Å². The third kappa shape index (κ3) is 1.70. The molecule has 5 nitrogen and oxygen atoms in total. The predicted molar refractivity (Wildman–Crippen MR) is 72.7 cm³/mol. The Morgan fingerprint density at radius 1 is 1.32 bits per heavy atom. The van der Waals surface area contributed by atoms with Gasteiger partial charge in [-0.2, -0.15) is 12.7 Å². The van der Waals surface area contributed by atoms with Crippen molar-refractivity contribution >= 4 is 21.7 Å². The molecule has 0 N–H and O–H groups in total. The van der Waals surface area contributed by atoms with Crippen molar-refractivity contribution < 1.29 is 13.2 Å². The summed E-state index contributed by atoms with van der Waals surface area (Å²) in [5, 5.41) is 0. The lowest BCUT2D eigenvalue weighted by Crippen LogP contribution is -2.39. The summed E-state index contributed by atoms with van der Waals surface area (Å²) in [5.74, 6) is 0.274. The van der Waals surface area contributed by atoms with Crippen molar-refractivity contribution in [2.75, 3.05) is 24.9 Å². The summed E-state index contributed by atoms with van der Waals surface area (Å²) in [6, 6.07) is 5.36. The van der Waals surface area contributed by atoms with Crippen molar-refractivity contribution in [2.45, 2.75) is 18.8 Å². The van der Waals surface area contributed by atoms with Crippen LogP contribution in [-0.4, -0.2) is 39.1 Å². The van der Waals surface area contributed by atoms with Gasteiger partial charge in [0.2, 0.25) is 0 Å². The van der Waals surface area contributed by atoms with Gasteiger partial charge in [0.05, 0.1) is 5.69 Å². The highest BCUT2D eigenvalue weighted by Gasteiger charge is 2.40. The molecular formula is C13H16N2O3S. The van der Waals surface area contributed by atoms with Crippen LogP contribution in [0.3, 0.4) is 0 Å². The maximum atomic E-state index is 12.3. The zero-order chi connectivity index (χ0) is 13.8. The van der Waals surface area contributed by atoms with Gasteiger partial charge < -0.3 is 0 Å². The van der Waals surface area contributed by atoms with Gasteiger partial charge in [0.15, 0.2) is 5.78 Å². The normalized spacial score (nSPS) is 21.9. The van der Waals surface area contributed by atoms with Gasteiger partial charge in [0.1, 0.15) is 0 Å². The minimum Gasteiger partial charge on any atom is -0.294 e. The van der Waals surface area contributed by atoms with E-state index in [1.54, 1.807) is 18.2 Å². The summed E-state index contributed by atoms with van der Waals surface area (Å²) in [6.07, 6.45) is 1.25. The third-order valence-electron chi connectivity index (χ3n) is 3.91. The summed E-state index contributed by atoms with van der Waals surface area (Å²) in [7, 11) is -0.435. The molecule has 0 saturated carbocycles. The standard InChI is InChI=1S/C13H16N2O3S/c1-14(2)19(17,18)15-8-9-6-7-12(16)10-4-3-5-11(15)13(9)10/h3-5,9H,6-8H2,1-2H3/t9-/m0/s1. The second-order valence-electron chi connectivity index (χ2n) is 5.22. The average molecular weight is 280 g/mol. The molecule has 0 aromatic heterocycles. The molecule has 0 unspecified atom stereocenters. The van der Waals surface area contributed by atoms with Crippen LogP contribution >= 0.6 is 0 Å². The Labute approximate surface area is 113 Å². The number of Topliss-reactive ketones (excluding diaryl/α,β-unsaturated/α-hetero) is 1. The summed E-state index contributed by atoms with van der Waals surface area (Å²) in [5.41, 5.74) is 2.29. The first-order chi connectivity index (χ1) is 8.93. The fourth-order valence-corrected chi connectivity index (χ4v) is 4.09. The molecule has 0 amide bonds. The number of carbonyl (C=O) groups excluding carboxylic acids is 1. The van der Waals surface area contributed by atoms with Crippen molar-refractivity contribution in [2.24, 2.45) is 0 Å². The fraction of sp³-hybridized carbons (Fsp3) is 0.462. The highest BCUT2D eigenvalue weighted by Crippen LogP contribution is 2.45. The molecule has 1 aliphatic carbocycles. The minimum absolute atomic E-state index is 0.122. The Kier molecular flexibility index (Phi) is 2.69. The lowest BCUT2D eigenvalue weighted by atomic mass is 9.83. The highest BCUT2D eigenvalue weighted by atomic mass is 32.2. The van der Waals surface area contributed by atoms with E-state index >= 15 is 0 Å². The SMILES string of the molecule is CN(C)S(=O)(=O)N1C[C@@H]2CCC(=O)c3cccc1c32. The first kappa shape index (κ1) is 12.6. The molecule has 19 heavy (non-hydrogen) atoms. The first-order valence-electron chi connectivity index (χ1n) is 6.29. The quantitative estimate of drug-likeness (QED) is 0.822. The Hall–Kier alpha value is -1.40. The summed E-state index contributed by atoms with van der Waals surface area (Å²) < 4.78 is 27.3. The van der Waals surface area contributed by atoms with Gasteiger partial charge in [0.25, 0.3) is 0 Å². The van der Waals surface area contributed by atoms with Crippen LogP contribution in [0.1, 0.15) is 34.7 Å². The Morgan fingerprint density at radius 3 is 2.74 bits per heavy atom. The van der Waals surface area contributed by atoms with Gasteiger partial charge in [-0.3, -0.25) is 9.10 Å². The van der Waals surface area contributed by atoms with Crippen LogP contribution in [0, 0.1) is 0 Å². The number of hydrogen-bond donors (Lipinski definition) is 0. The van der Waals surface area contributed by atoms with Crippen LogP contribution < -0.4 is 4.31 Å². The molecule has 1 aromatic rings. The lowest BCUT2D eigenvalue weighted by Gasteiger charge is -2.23. The summed E-state index contributed by atoms with van der Waals surface area (Å²) in [6.45, 7) is 0.445. The van der Waals surface area contributed by atoms with Crippen LogP contribution in [0.4, 0.5) is 5.69 Å². The molecule has 3 rings (SSSR count). The molecule has 0 fully saturated rings. The second-order valence-corrected chi connectivity index (χ2v) is 7.29. The summed E-state index contributed by atoms with van der Waals surface area (Å²) >= 11 is 0. The van der Waals surface area contributed by atoms with E-state index in [-0.39, 0.29) is 11.7 Å². The van der Waals surface area contributed by atoms with E-state index in [1.807, 2.05) is 0 Å². The molecule has 2 aliphatic rings. The van der Waals surface area contributed by atoms with Crippen LogP contribution in [0.5, 0.6) is 0 Å². The number of ketones is 1. The van der Waals surface area contributed by atoms with E-state index in [2.05, 4.69) is 0 Å². The average Bonchev–Trinajstić information content (AvgIpc) is 2.75. The Balaban J connectivity index is 2.17. The maximum absolute atomic E-state index is 12.3. The van der Waals surface area contributed by atoms with Gasteiger partial charge in [-0.1, -0.05) is 12.1 Å². The minimum atomic E-state index is -3.48. The smallest absolute Gasteiger partial charge is 0.294 e. The summed E-state index contributed by atoms with van der Waals surface area (Å²) in [4.78, 5) is 11.9. The molecule has 1 heterocycles. The maximum Gasteiger partial charge on any atom is 0.303 e. The second kappa shape index (κ2) is 4.05. The predicted octanol–water partition coefficient (Wildman–Crippen LogP) is 1.37. The monoisotopic (exact) mass is 280 g/mol. The molecule has 0 radical (unpaired) electrons. The fourth-order valence-electron chi connectivity index (χ4n) is 2.92. The van der Waals surface area contributed by atoms with E-state index in [1.165, 1.54) is 22.7 Å². The molecule has 0 bridgehead atoms. The van der Waals surface area contributed by atoms with Gasteiger partial charge in [0, 0.05) is 38.5 Å². The number of carbonyl (C=O) groups is 1. The molecular weight excluding hydrogens is 264 g/mol. The van der Waals surface area contributed by atoms with E-state index in [4.69, 9.17) is 0 Å². The first-order valence-corrected chi connectivity index (χ1v) is 7.69. The largest absolute Gasteiger partial charge is 0.303 e. The number of anilines is 1. The molecule has 1 aliphatic heterocycles. The third-order valence-corrected chi connectivity index (χ3v) is 5.73. The number of rotatable bonds is 2. The molecule has 0 spiro atoms. The van der Waals surface area contributed by atoms with Gasteiger partial charge >= 0.3 is 10.2 Å². The van der Waals surface area contributed by atoms with E-state index in [9.17, 15) is 13.2 Å². The molecule has 0 saturated heterocycles. The van der Waals surface area contributed by atoms with Crippen molar-refractivity contribution in [3.63, 3.8) is 0 Å². The van der Waals surface area contributed by atoms with Crippen molar-refractivity contribution in [1.29, 1.82) is 0 Å². The zero-order valence-corrected chi connectivity index (χ0v) is 11.8. The van der Waals surface area contributed by atoms with Gasteiger partial charge in [-0.05, 0) is 18.1 Å². The number of benzene rings is 1. The van der Waals surface area contributed by atoms with Crippen molar-refractivity contribution in [3.05, 3.63) is 29.3 Å². The zero-order valence-electron chi connectivity index (χ0n) is 11.0. The highest BCUT2D eigenvalue weighted by molar-refractivity contribution is 7.90. The van der Waals surface area contributed by atoms with E-state index < -0.39 is 10.2 Å². The van der Waals surface area contributed by atoms with Crippen LogP contribution in [0.25, 0.3) is 0 Å².